The van der Waals surface area contributed by atoms with E-state index >= 15 is 0 Å². The van der Waals surface area contributed by atoms with Gasteiger partial charge in [0.25, 0.3) is 0 Å². The van der Waals surface area contributed by atoms with Gasteiger partial charge in [0.2, 0.25) is 0 Å². The molecule has 8 heteroatoms. The van der Waals surface area contributed by atoms with Gasteiger partial charge in [-0.15, -0.1) is 0 Å². The standard InChI is InChI=1S/C12H12BrClN2O3S/c1-2-19-12(17)16-11(20)15-8-3-6-4-18-5-7(6)9(13)10(8)14/h3H,2,4-5H2,1H3,(H2,15,16,17,20). The zero-order valence-corrected chi connectivity index (χ0v) is 13.7. The SMILES string of the molecule is CCOC(=O)NC(=S)Nc1cc2c(c(Br)c1Cl)COC2. The average molecular weight is 380 g/mol. The predicted octanol–water partition coefficient (Wildman–Crippen LogP) is 3.58. The maximum absolute atomic E-state index is 11.3. The smallest absolute Gasteiger partial charge is 0.413 e. The first-order chi connectivity index (χ1) is 9.52. The van der Waals surface area contributed by atoms with Crippen LogP contribution in [-0.2, 0) is 22.7 Å². The lowest BCUT2D eigenvalue weighted by Crippen LogP contribution is -2.34. The van der Waals surface area contributed by atoms with E-state index in [0.717, 1.165) is 15.6 Å². The number of thiocarbonyl (C=S) groups is 1. The summed E-state index contributed by atoms with van der Waals surface area (Å²) in [5.41, 5.74) is 2.66. The topological polar surface area (TPSA) is 59.6 Å². The van der Waals surface area contributed by atoms with E-state index in [-0.39, 0.29) is 11.7 Å². The summed E-state index contributed by atoms with van der Waals surface area (Å²) in [7, 11) is 0. The zero-order valence-electron chi connectivity index (χ0n) is 10.6. The van der Waals surface area contributed by atoms with Crippen LogP contribution in [0, 0.1) is 0 Å². The number of halogens is 2. The molecule has 1 aromatic rings. The van der Waals surface area contributed by atoms with Crippen LogP contribution in [0.15, 0.2) is 10.5 Å². The highest BCUT2D eigenvalue weighted by molar-refractivity contribution is 9.10. The predicted molar refractivity (Wildman–Crippen MR) is 84.0 cm³/mol. The molecule has 1 heterocycles. The molecule has 20 heavy (non-hydrogen) atoms. The van der Waals surface area contributed by atoms with Crippen molar-refractivity contribution in [2.75, 3.05) is 11.9 Å². The van der Waals surface area contributed by atoms with Gasteiger partial charge in [-0.25, -0.2) is 4.79 Å². The lowest BCUT2D eigenvalue weighted by molar-refractivity contribution is 0.134. The third-order valence-corrected chi connectivity index (χ3v) is 4.34. The molecule has 1 aromatic carbocycles. The number of rotatable bonds is 2. The fourth-order valence-corrected chi connectivity index (χ4v) is 2.76. The molecule has 2 N–H and O–H groups in total. The fourth-order valence-electron chi connectivity index (χ4n) is 1.77. The Kier molecular flexibility index (Phi) is 5.20. The van der Waals surface area contributed by atoms with Crippen molar-refractivity contribution in [1.82, 2.24) is 5.32 Å². The lowest BCUT2D eigenvalue weighted by Gasteiger charge is -2.13. The second-order valence-corrected chi connectivity index (χ2v) is 5.56. The molecule has 108 valence electrons. The minimum atomic E-state index is -0.607. The highest BCUT2D eigenvalue weighted by Gasteiger charge is 2.20. The molecule has 1 amide bonds. The highest BCUT2D eigenvalue weighted by atomic mass is 79.9. The largest absolute Gasteiger partial charge is 0.450 e. The molecule has 0 spiro atoms. The number of alkyl carbamates (subject to hydrolysis) is 1. The Morgan fingerprint density at radius 2 is 2.35 bits per heavy atom. The molecule has 0 radical (unpaired) electrons. The van der Waals surface area contributed by atoms with Gasteiger partial charge in [-0.3, -0.25) is 5.32 Å². The summed E-state index contributed by atoms with van der Waals surface area (Å²) in [5.74, 6) is 0. The Balaban J connectivity index is 2.12. The number of benzene rings is 1. The van der Waals surface area contributed by atoms with E-state index < -0.39 is 6.09 Å². The normalized spacial score (nSPS) is 12.8. The number of anilines is 1. The van der Waals surface area contributed by atoms with Gasteiger partial charge in [-0.05, 0) is 52.3 Å². The first kappa shape index (κ1) is 15.5. The van der Waals surface area contributed by atoms with Crippen LogP contribution in [0.3, 0.4) is 0 Å². The molecule has 5 nitrogen and oxygen atoms in total. The Hall–Kier alpha value is -0.890. The number of hydrogen-bond donors (Lipinski definition) is 2. The number of amides is 1. The third kappa shape index (κ3) is 3.41. The Labute approximate surface area is 135 Å². The zero-order chi connectivity index (χ0) is 14.7. The Bertz CT molecular complexity index is 568. The second-order valence-electron chi connectivity index (χ2n) is 3.98. The molecule has 0 aliphatic carbocycles. The molecule has 0 saturated heterocycles. The van der Waals surface area contributed by atoms with Crippen molar-refractivity contribution in [3.8, 4) is 0 Å². The minimum absolute atomic E-state index is 0.121. The van der Waals surface area contributed by atoms with Crippen molar-refractivity contribution in [3.05, 3.63) is 26.7 Å². The van der Waals surface area contributed by atoms with Crippen LogP contribution in [-0.4, -0.2) is 17.8 Å². The number of fused-ring (bicyclic) bond motifs is 1. The lowest BCUT2D eigenvalue weighted by atomic mass is 10.1. The molecule has 0 aromatic heterocycles. The van der Waals surface area contributed by atoms with Crippen molar-refractivity contribution in [2.24, 2.45) is 0 Å². The van der Waals surface area contributed by atoms with Crippen LogP contribution in [0.1, 0.15) is 18.1 Å². The molecule has 0 bridgehead atoms. The minimum Gasteiger partial charge on any atom is -0.450 e. The van der Waals surface area contributed by atoms with Gasteiger partial charge in [0.15, 0.2) is 5.11 Å². The maximum atomic E-state index is 11.3. The van der Waals surface area contributed by atoms with Gasteiger partial charge in [-0.2, -0.15) is 0 Å². The van der Waals surface area contributed by atoms with E-state index in [2.05, 4.69) is 26.6 Å². The van der Waals surface area contributed by atoms with E-state index in [4.69, 9.17) is 33.3 Å². The van der Waals surface area contributed by atoms with Gasteiger partial charge in [0.05, 0.1) is 30.5 Å². The molecule has 2 rings (SSSR count). The van der Waals surface area contributed by atoms with E-state index in [1.807, 2.05) is 6.07 Å². The van der Waals surface area contributed by atoms with Crippen LogP contribution in [0.25, 0.3) is 0 Å². The van der Waals surface area contributed by atoms with Crippen molar-refractivity contribution >= 4 is 56.6 Å². The monoisotopic (exact) mass is 378 g/mol. The number of carbonyl (C=O) groups is 1. The Morgan fingerprint density at radius 1 is 1.60 bits per heavy atom. The number of nitrogens with one attached hydrogen (secondary N) is 2. The highest BCUT2D eigenvalue weighted by Crippen LogP contribution is 2.38. The van der Waals surface area contributed by atoms with Crippen molar-refractivity contribution in [3.63, 3.8) is 0 Å². The molecule has 0 atom stereocenters. The summed E-state index contributed by atoms with van der Waals surface area (Å²) < 4.78 is 10.9. The van der Waals surface area contributed by atoms with Gasteiger partial charge in [-0.1, -0.05) is 11.6 Å². The van der Waals surface area contributed by atoms with Crippen molar-refractivity contribution in [1.29, 1.82) is 0 Å². The van der Waals surface area contributed by atoms with Gasteiger partial charge in [0, 0.05) is 4.47 Å². The summed E-state index contributed by atoms with van der Waals surface area (Å²) >= 11 is 14.7. The summed E-state index contributed by atoms with van der Waals surface area (Å²) in [4.78, 5) is 11.3. The van der Waals surface area contributed by atoms with Crippen LogP contribution in [0.2, 0.25) is 5.02 Å². The molecular weight excluding hydrogens is 368 g/mol. The van der Waals surface area contributed by atoms with Crippen molar-refractivity contribution < 1.29 is 14.3 Å². The summed E-state index contributed by atoms with van der Waals surface area (Å²) in [5, 5.41) is 5.88. The molecular formula is C12H12BrClN2O3S. The first-order valence-corrected chi connectivity index (χ1v) is 7.43. The van der Waals surface area contributed by atoms with Crippen LogP contribution < -0.4 is 10.6 Å². The van der Waals surface area contributed by atoms with Gasteiger partial charge >= 0.3 is 6.09 Å². The second kappa shape index (κ2) is 6.71. The van der Waals surface area contributed by atoms with E-state index in [1.54, 1.807) is 6.92 Å². The van der Waals surface area contributed by atoms with E-state index in [0.29, 0.717) is 23.9 Å². The molecule has 0 unspecified atom stereocenters. The fraction of sp³-hybridized carbons (Fsp3) is 0.333. The Morgan fingerprint density at radius 3 is 3.05 bits per heavy atom. The molecule has 1 aliphatic heterocycles. The van der Waals surface area contributed by atoms with E-state index in [9.17, 15) is 4.79 Å². The first-order valence-electron chi connectivity index (χ1n) is 5.85. The maximum Gasteiger partial charge on any atom is 0.413 e. The summed E-state index contributed by atoms with van der Waals surface area (Å²) in [6, 6.07) is 1.86. The quantitative estimate of drug-likeness (QED) is 0.769. The number of hydrogen-bond acceptors (Lipinski definition) is 4. The van der Waals surface area contributed by atoms with E-state index in [1.165, 1.54) is 0 Å². The van der Waals surface area contributed by atoms with Gasteiger partial charge in [0.1, 0.15) is 0 Å². The number of carbonyl (C=O) groups excluding carboxylic acids is 1. The third-order valence-electron chi connectivity index (χ3n) is 2.64. The molecule has 0 saturated carbocycles. The van der Waals surface area contributed by atoms with Crippen LogP contribution >= 0.6 is 39.7 Å². The van der Waals surface area contributed by atoms with Crippen LogP contribution in [0.4, 0.5) is 10.5 Å². The van der Waals surface area contributed by atoms with Gasteiger partial charge < -0.3 is 14.8 Å². The molecule has 0 fully saturated rings. The average Bonchev–Trinajstić information content (AvgIpc) is 2.84. The number of ether oxygens (including phenoxy) is 2. The molecule has 1 aliphatic rings. The van der Waals surface area contributed by atoms with Crippen molar-refractivity contribution in [2.45, 2.75) is 20.1 Å². The summed E-state index contributed by atoms with van der Waals surface area (Å²) in [6.45, 7) is 3.04. The van der Waals surface area contributed by atoms with Crippen LogP contribution in [0.5, 0.6) is 0 Å². The summed E-state index contributed by atoms with van der Waals surface area (Å²) in [6.07, 6.45) is -0.607.